The zero-order valence-electron chi connectivity index (χ0n) is 11.5. The summed E-state index contributed by atoms with van der Waals surface area (Å²) < 4.78 is 32.5. The Kier molecular flexibility index (Phi) is 3.30. The van der Waals surface area contributed by atoms with Crippen molar-refractivity contribution in [1.82, 2.24) is 4.72 Å². The van der Waals surface area contributed by atoms with Crippen LogP contribution in [0.15, 0.2) is 23.1 Å². The molecule has 1 aromatic carbocycles. The maximum Gasteiger partial charge on any atom is 0.242 e. The second kappa shape index (κ2) is 4.90. The first-order chi connectivity index (χ1) is 9.94. The number of rotatable bonds is 6. The molecule has 2 aliphatic carbocycles. The maximum atomic E-state index is 12.2. The van der Waals surface area contributed by atoms with Crippen LogP contribution in [0.5, 0.6) is 5.75 Å². The third kappa shape index (κ3) is 3.12. The topological polar surface area (TPSA) is 105 Å². The summed E-state index contributed by atoms with van der Waals surface area (Å²) in [6.45, 7) is 0.617. The van der Waals surface area contributed by atoms with Crippen LogP contribution in [0.3, 0.4) is 0 Å². The molecule has 1 aromatic rings. The standard InChI is InChI=1S/C14H17N3O3S/c15-9-14(5-6-14)17-21(18,19)11-3-4-13(12(16)7-11)20-8-10-1-2-10/h3-4,7,10,17H,1-2,5-6,8,16H2. The van der Waals surface area contributed by atoms with Crippen LogP contribution in [0.25, 0.3) is 0 Å². The molecule has 112 valence electrons. The highest BCUT2D eigenvalue weighted by Crippen LogP contribution is 2.36. The molecule has 3 N–H and O–H groups in total. The van der Waals surface area contributed by atoms with Gasteiger partial charge in [-0.1, -0.05) is 0 Å². The number of nitriles is 1. The zero-order chi connectivity index (χ0) is 15.1. The smallest absolute Gasteiger partial charge is 0.242 e. The summed E-state index contributed by atoms with van der Waals surface area (Å²) in [5, 5.41) is 8.97. The molecule has 0 radical (unpaired) electrons. The molecule has 2 saturated carbocycles. The molecule has 0 spiro atoms. The minimum Gasteiger partial charge on any atom is -0.491 e. The number of hydrogen-bond acceptors (Lipinski definition) is 5. The number of nitrogen functional groups attached to an aromatic ring is 1. The molecular formula is C14H17N3O3S. The number of nitrogens with two attached hydrogens (primary N) is 1. The van der Waals surface area contributed by atoms with Crippen molar-refractivity contribution in [1.29, 1.82) is 5.26 Å². The van der Waals surface area contributed by atoms with Gasteiger partial charge in [0, 0.05) is 0 Å². The number of benzene rings is 1. The van der Waals surface area contributed by atoms with E-state index in [-0.39, 0.29) is 4.90 Å². The highest BCUT2D eigenvalue weighted by molar-refractivity contribution is 7.89. The van der Waals surface area contributed by atoms with Gasteiger partial charge in [0.1, 0.15) is 11.3 Å². The molecule has 0 bridgehead atoms. The Hall–Kier alpha value is -1.78. The summed E-state index contributed by atoms with van der Waals surface area (Å²) in [7, 11) is -3.73. The van der Waals surface area contributed by atoms with Crippen molar-refractivity contribution in [3.63, 3.8) is 0 Å². The molecule has 0 atom stereocenters. The van der Waals surface area contributed by atoms with E-state index in [2.05, 4.69) is 4.72 Å². The number of ether oxygens (including phenoxy) is 1. The van der Waals surface area contributed by atoms with Crippen molar-refractivity contribution in [2.45, 2.75) is 36.1 Å². The summed E-state index contributed by atoms with van der Waals surface area (Å²) in [6.07, 6.45) is 3.43. The molecule has 3 rings (SSSR count). The zero-order valence-corrected chi connectivity index (χ0v) is 12.3. The Balaban J connectivity index is 1.75. The Labute approximate surface area is 123 Å². The van der Waals surface area contributed by atoms with E-state index in [0.717, 1.165) is 0 Å². The van der Waals surface area contributed by atoms with Crippen molar-refractivity contribution in [2.24, 2.45) is 5.92 Å². The molecule has 0 aliphatic heterocycles. The first-order valence-corrected chi connectivity index (χ1v) is 8.40. The quantitative estimate of drug-likeness (QED) is 0.773. The van der Waals surface area contributed by atoms with E-state index in [1.54, 1.807) is 6.07 Å². The summed E-state index contributed by atoms with van der Waals surface area (Å²) in [4.78, 5) is 0.0558. The number of anilines is 1. The third-order valence-corrected chi connectivity index (χ3v) is 5.29. The van der Waals surface area contributed by atoms with Gasteiger partial charge in [-0.05, 0) is 49.8 Å². The molecule has 7 heteroatoms. The molecule has 0 amide bonds. The van der Waals surface area contributed by atoms with Crippen LogP contribution >= 0.6 is 0 Å². The first kappa shape index (κ1) is 14.2. The van der Waals surface area contributed by atoms with E-state index < -0.39 is 15.6 Å². The number of hydrogen-bond donors (Lipinski definition) is 2. The van der Waals surface area contributed by atoms with Crippen LogP contribution in [-0.4, -0.2) is 20.6 Å². The molecule has 0 heterocycles. The van der Waals surface area contributed by atoms with E-state index in [1.807, 2.05) is 6.07 Å². The molecular weight excluding hydrogens is 290 g/mol. The largest absolute Gasteiger partial charge is 0.491 e. The van der Waals surface area contributed by atoms with Gasteiger partial charge in [0.15, 0.2) is 0 Å². The Morgan fingerprint density at radius 3 is 2.67 bits per heavy atom. The molecule has 0 saturated heterocycles. The second-order valence-electron chi connectivity index (χ2n) is 5.75. The highest BCUT2D eigenvalue weighted by Gasteiger charge is 2.46. The van der Waals surface area contributed by atoms with Gasteiger partial charge in [0.2, 0.25) is 10.0 Å². The van der Waals surface area contributed by atoms with Crippen molar-refractivity contribution < 1.29 is 13.2 Å². The summed E-state index contributed by atoms with van der Waals surface area (Å²) in [6, 6.07) is 6.39. The molecule has 0 aromatic heterocycles. The minimum absolute atomic E-state index is 0.0558. The van der Waals surface area contributed by atoms with E-state index in [4.69, 9.17) is 15.7 Å². The van der Waals surface area contributed by atoms with Gasteiger partial charge < -0.3 is 10.5 Å². The lowest BCUT2D eigenvalue weighted by atomic mass is 10.3. The van der Waals surface area contributed by atoms with Gasteiger partial charge in [-0.3, -0.25) is 0 Å². The van der Waals surface area contributed by atoms with E-state index >= 15 is 0 Å². The van der Waals surface area contributed by atoms with Crippen molar-refractivity contribution in [3.8, 4) is 11.8 Å². The molecule has 2 fully saturated rings. The predicted octanol–water partition coefficient (Wildman–Crippen LogP) is 1.39. The van der Waals surface area contributed by atoms with Crippen molar-refractivity contribution in [3.05, 3.63) is 18.2 Å². The number of nitrogens with one attached hydrogen (secondary N) is 1. The fourth-order valence-electron chi connectivity index (χ4n) is 2.00. The third-order valence-electron chi connectivity index (χ3n) is 3.76. The lowest BCUT2D eigenvalue weighted by Crippen LogP contribution is -2.35. The van der Waals surface area contributed by atoms with Crippen molar-refractivity contribution >= 4 is 15.7 Å². The van der Waals surface area contributed by atoms with Crippen LogP contribution in [0, 0.1) is 17.2 Å². The highest BCUT2D eigenvalue weighted by atomic mass is 32.2. The summed E-state index contributed by atoms with van der Waals surface area (Å²) in [5.74, 6) is 1.10. The van der Waals surface area contributed by atoms with Crippen LogP contribution < -0.4 is 15.2 Å². The average Bonchev–Trinajstić information content (AvgIpc) is 3.33. The Morgan fingerprint density at radius 2 is 2.14 bits per heavy atom. The van der Waals surface area contributed by atoms with Gasteiger partial charge in [-0.15, -0.1) is 0 Å². The van der Waals surface area contributed by atoms with Gasteiger partial charge in [-0.2, -0.15) is 9.98 Å². The van der Waals surface area contributed by atoms with Crippen LogP contribution in [0.4, 0.5) is 5.69 Å². The van der Waals surface area contributed by atoms with Crippen LogP contribution in [0.1, 0.15) is 25.7 Å². The lowest BCUT2D eigenvalue weighted by Gasteiger charge is -2.13. The maximum absolute atomic E-state index is 12.2. The molecule has 21 heavy (non-hydrogen) atoms. The fraction of sp³-hybridized carbons (Fsp3) is 0.500. The van der Waals surface area contributed by atoms with Crippen LogP contribution in [-0.2, 0) is 10.0 Å². The number of nitrogens with zero attached hydrogens (tertiary/aromatic N) is 1. The van der Waals surface area contributed by atoms with Crippen molar-refractivity contribution in [2.75, 3.05) is 12.3 Å². The summed E-state index contributed by atoms with van der Waals surface area (Å²) >= 11 is 0. The molecule has 0 unspecified atom stereocenters. The van der Waals surface area contributed by atoms with Gasteiger partial charge in [0.25, 0.3) is 0 Å². The second-order valence-corrected chi connectivity index (χ2v) is 7.44. The fourth-order valence-corrected chi connectivity index (χ4v) is 3.41. The van der Waals surface area contributed by atoms with Gasteiger partial charge >= 0.3 is 0 Å². The lowest BCUT2D eigenvalue weighted by molar-refractivity contribution is 0.301. The van der Waals surface area contributed by atoms with E-state index in [1.165, 1.54) is 25.0 Å². The van der Waals surface area contributed by atoms with E-state index in [0.29, 0.717) is 36.8 Å². The first-order valence-electron chi connectivity index (χ1n) is 6.92. The van der Waals surface area contributed by atoms with Gasteiger partial charge in [-0.25, -0.2) is 8.42 Å². The van der Waals surface area contributed by atoms with E-state index in [9.17, 15) is 8.42 Å². The predicted molar refractivity (Wildman–Crippen MR) is 77.0 cm³/mol. The SMILES string of the molecule is N#CC1(NS(=O)(=O)c2ccc(OCC3CC3)c(N)c2)CC1. The molecule has 2 aliphatic rings. The number of sulfonamides is 1. The van der Waals surface area contributed by atoms with Crippen LogP contribution in [0.2, 0.25) is 0 Å². The monoisotopic (exact) mass is 307 g/mol. The Morgan fingerprint density at radius 1 is 1.43 bits per heavy atom. The molecule has 6 nitrogen and oxygen atoms in total. The Bertz CT molecular complexity index is 701. The summed E-state index contributed by atoms with van der Waals surface area (Å²) in [5.41, 5.74) is 5.21. The normalized spacial score (nSPS) is 19.8. The average molecular weight is 307 g/mol. The minimum atomic E-state index is -3.73. The van der Waals surface area contributed by atoms with Gasteiger partial charge in [0.05, 0.1) is 23.3 Å².